The molecule has 0 aliphatic heterocycles. The average Bonchev–Trinajstić information content (AvgIpc) is 3.88. The Morgan fingerprint density at radius 3 is 2.03 bits per heavy atom. The van der Waals surface area contributed by atoms with E-state index in [0.29, 0.717) is 34.6 Å². The number of para-hydroxylation sites is 2. The molecule has 7 aromatic carbocycles. The number of hydrogen-bond donors (Lipinski definition) is 0. The minimum atomic E-state index is -2.38. The van der Waals surface area contributed by atoms with E-state index in [1.54, 1.807) is 18.3 Å². The Balaban J connectivity index is 0.000000235. The first-order valence-corrected chi connectivity index (χ1v) is 30.4. The third kappa shape index (κ3) is 8.60. The number of hydrogen-bond acceptors (Lipinski definition) is 2. The van der Waals surface area contributed by atoms with Crippen LogP contribution in [0.1, 0.15) is 102 Å². The maximum Gasteiger partial charge on any atom is 0 e. The normalized spacial score (nSPS) is 13.7. The molecule has 0 unspecified atom stereocenters. The van der Waals surface area contributed by atoms with E-state index in [-0.39, 0.29) is 25.7 Å². The van der Waals surface area contributed by atoms with E-state index in [2.05, 4.69) is 189 Å². The Bertz CT molecular complexity index is 3600. The maximum absolute atomic E-state index is 7.82. The summed E-state index contributed by atoms with van der Waals surface area (Å²) in [5, 5.41) is 7.69. The number of fused-ring (bicyclic) bond motifs is 8. The van der Waals surface area contributed by atoms with E-state index in [4.69, 9.17) is 13.2 Å². The molecule has 0 fully saturated rings. The molecule has 0 saturated heterocycles. The zero-order chi connectivity index (χ0) is 50.9. The molecule has 10 rings (SSSR count). The summed E-state index contributed by atoms with van der Waals surface area (Å²) >= 11 is -2.38. The fraction of sp³-hybridized carbons (Fsp3) is 0.267. The molecule has 0 atom stereocenters. The van der Waals surface area contributed by atoms with Crippen LogP contribution in [0.4, 0.5) is 0 Å². The summed E-state index contributed by atoms with van der Waals surface area (Å²) in [7, 11) is 0. The molecular weight excluding hydrogens is 1040 g/mol. The largest absolute Gasteiger partial charge is 0 e. The van der Waals surface area contributed by atoms with Gasteiger partial charge in [0.2, 0.25) is 0 Å². The first-order chi connectivity index (χ1) is 33.6. The predicted molar refractivity (Wildman–Crippen MR) is 282 cm³/mol. The molecule has 10 aromatic rings. The van der Waals surface area contributed by atoms with Gasteiger partial charge in [0.15, 0.2) is 0 Å². The van der Waals surface area contributed by atoms with Gasteiger partial charge in [0.1, 0.15) is 0 Å². The Hall–Kier alpha value is -5.33. The van der Waals surface area contributed by atoms with Crippen LogP contribution in [0, 0.1) is 25.8 Å². The van der Waals surface area contributed by atoms with Crippen molar-refractivity contribution in [3.05, 3.63) is 167 Å². The summed E-state index contributed by atoms with van der Waals surface area (Å²) in [4.78, 5) is 9.77. The van der Waals surface area contributed by atoms with Crippen LogP contribution in [-0.2, 0) is 26.7 Å². The molecule has 0 aliphatic rings. The van der Waals surface area contributed by atoms with Crippen molar-refractivity contribution < 1.29 is 28.3 Å². The first kappa shape index (κ1) is 39.8. The van der Waals surface area contributed by atoms with Crippen LogP contribution in [0.5, 0.6) is 0 Å². The molecule has 0 spiro atoms. The van der Waals surface area contributed by atoms with Crippen molar-refractivity contribution in [3.63, 3.8) is 0 Å². The van der Waals surface area contributed by atoms with Gasteiger partial charge in [-0.1, -0.05) is 114 Å². The minimum Gasteiger partial charge on any atom is 0 e. The summed E-state index contributed by atoms with van der Waals surface area (Å²) in [5.74, 6) is 8.49. The number of aromatic nitrogens is 4. The second-order valence-corrected chi connectivity index (χ2v) is 29.9. The van der Waals surface area contributed by atoms with Crippen LogP contribution in [0.15, 0.2) is 128 Å². The summed E-state index contributed by atoms with van der Waals surface area (Å²) in [5.41, 5.74) is 12.6. The predicted octanol–water partition coefficient (Wildman–Crippen LogP) is 16.0. The van der Waals surface area contributed by atoms with Crippen molar-refractivity contribution in [1.29, 1.82) is 0 Å². The summed E-state index contributed by atoms with van der Waals surface area (Å²) in [6.45, 7) is 12.6. The molecule has 337 valence electrons. The van der Waals surface area contributed by atoms with Gasteiger partial charge >= 0.3 is 121 Å². The van der Waals surface area contributed by atoms with Gasteiger partial charge in [0.05, 0.1) is 16.9 Å². The fourth-order valence-electron chi connectivity index (χ4n) is 9.49. The molecule has 6 heteroatoms. The van der Waals surface area contributed by atoms with Gasteiger partial charge in [-0.25, -0.2) is 0 Å². The topological polar surface area (TPSA) is 35.6 Å². The van der Waals surface area contributed by atoms with Crippen LogP contribution >= 0.6 is 0 Å². The number of nitrogens with zero attached hydrogens (tertiary/aromatic N) is 4. The molecule has 66 heavy (non-hydrogen) atoms. The molecule has 0 amide bonds. The van der Waals surface area contributed by atoms with Crippen molar-refractivity contribution in [2.75, 3.05) is 0 Å². The Morgan fingerprint density at radius 1 is 0.652 bits per heavy atom. The number of pyridine rings is 1. The number of benzene rings is 7. The number of rotatable bonds is 8. The zero-order valence-corrected chi connectivity index (χ0v) is 44.2. The maximum atomic E-state index is 7.82. The van der Waals surface area contributed by atoms with Crippen LogP contribution in [-0.4, -0.2) is 32.4 Å². The molecular formula is C60H62GeIrN4-2. The van der Waals surface area contributed by atoms with Crippen LogP contribution < -0.4 is 4.40 Å². The molecule has 1 radical (unpaired) electrons. The molecule has 0 N–H and O–H groups in total. The van der Waals surface area contributed by atoms with E-state index < -0.39 is 27.0 Å². The van der Waals surface area contributed by atoms with Crippen molar-refractivity contribution in [2.24, 2.45) is 0 Å². The van der Waals surface area contributed by atoms with Crippen molar-refractivity contribution >= 4 is 72.0 Å². The molecule has 0 bridgehead atoms. The average molecular weight is 1110 g/mol. The summed E-state index contributed by atoms with van der Waals surface area (Å²) < 4.78 is 51.4. The molecule has 0 aliphatic carbocycles. The standard InChI is InChI=1S/C44H42N3.C16H20GeN.Ir/c1-8-46-39-21-18-30(23-37(39)42-34-19-17-29-13-9-10-14-32(29)33(34)20-22-41(42)46)44-45-38-15-11-12-16-40(38)47(44)43-35(27(4)5)24-31(26(2)3)25-36(43)28(6)7;1-12-6-8-14(9-7-12)16-10-13(2)15(11-18-16)17(3,4)5;/h9-17,19-28H,8H2,1-7H3;6-8,10-11H,1-5H3;/q2*-1;/i;1D3,2D3;. The van der Waals surface area contributed by atoms with Crippen LogP contribution in [0.2, 0.25) is 17.3 Å². The second kappa shape index (κ2) is 18.7. The first-order valence-electron chi connectivity index (χ1n) is 26.0. The fourth-order valence-corrected chi connectivity index (χ4v) is 12.3. The van der Waals surface area contributed by atoms with E-state index >= 15 is 0 Å². The van der Waals surface area contributed by atoms with Crippen LogP contribution in [0.3, 0.4) is 0 Å². The van der Waals surface area contributed by atoms with Gasteiger partial charge in [-0.15, -0.1) is 23.8 Å². The van der Waals surface area contributed by atoms with E-state index in [0.717, 1.165) is 33.4 Å². The van der Waals surface area contributed by atoms with E-state index in [1.807, 2.05) is 0 Å². The Labute approximate surface area is 416 Å². The molecule has 0 saturated carbocycles. The van der Waals surface area contributed by atoms with Crippen LogP contribution in [0.25, 0.3) is 82.7 Å². The summed E-state index contributed by atoms with van der Waals surface area (Å²) in [6.07, 6.45) is 1.67. The van der Waals surface area contributed by atoms with Crippen molar-refractivity contribution in [3.8, 4) is 28.3 Å². The zero-order valence-electron chi connectivity index (χ0n) is 45.7. The monoisotopic (exact) mass is 1110 g/mol. The SMILES string of the molecule is CCn1c2c[c-]c(-c3nc4ccccc4n3-c3c(C(C)C)cc(C(C)C)cc3C(C)C)cc2c2c3ccc4ccccc4c3ccc21.[2H]C([2H])([2H])c1c[c-]c(-c2cc(C([2H])([2H])[2H])[c]([Ge]([CH3])([CH3])[CH3])cn2)cc1.[Ir]. The quantitative estimate of drug-likeness (QED) is 0.0863. The minimum absolute atomic E-state index is 0. The third-order valence-corrected chi connectivity index (χ3v) is 17.2. The molecule has 4 nitrogen and oxygen atoms in total. The van der Waals surface area contributed by atoms with E-state index in [1.165, 1.54) is 77.9 Å². The molecule has 3 aromatic heterocycles. The Morgan fingerprint density at radius 2 is 1.36 bits per heavy atom. The molecule has 3 heterocycles. The smallest absolute Gasteiger partial charge is 0 e. The van der Waals surface area contributed by atoms with Gasteiger partial charge in [-0.05, 0) is 92.0 Å². The van der Waals surface area contributed by atoms with Gasteiger partial charge in [-0.3, -0.25) is 4.98 Å². The van der Waals surface area contributed by atoms with Gasteiger partial charge in [-0.2, -0.15) is 0 Å². The number of aryl methyl sites for hydroxylation is 3. The van der Waals surface area contributed by atoms with Crippen molar-refractivity contribution in [2.45, 2.75) is 104 Å². The van der Waals surface area contributed by atoms with Gasteiger partial charge in [0, 0.05) is 37.9 Å². The van der Waals surface area contributed by atoms with E-state index in [9.17, 15) is 0 Å². The Kier molecular flexibility index (Phi) is 11.3. The number of imidazole rings is 1. The third-order valence-electron chi connectivity index (χ3n) is 12.9. The second-order valence-electron chi connectivity index (χ2n) is 19.4. The van der Waals surface area contributed by atoms with Crippen molar-refractivity contribution in [1.82, 2.24) is 19.1 Å². The van der Waals surface area contributed by atoms with Gasteiger partial charge in [0.25, 0.3) is 0 Å². The van der Waals surface area contributed by atoms with Gasteiger partial charge < -0.3 is 9.13 Å². The summed E-state index contributed by atoms with van der Waals surface area (Å²) in [6, 6.07) is 48.7.